The van der Waals surface area contributed by atoms with E-state index in [0.29, 0.717) is 16.9 Å². The van der Waals surface area contributed by atoms with Crippen LogP contribution in [0.1, 0.15) is 5.56 Å². The maximum absolute atomic E-state index is 10.0. The molecule has 1 unspecified atom stereocenters. The highest BCUT2D eigenvalue weighted by molar-refractivity contribution is 7.99. The average molecular weight is 348 g/mol. The monoisotopic (exact) mass is 348 g/mol. The van der Waals surface area contributed by atoms with Crippen molar-refractivity contribution in [3.8, 4) is 16.5 Å². The number of nitrogens with zero attached hydrogens (tertiary/aromatic N) is 2. The van der Waals surface area contributed by atoms with E-state index < -0.39 is 6.10 Å². The maximum atomic E-state index is 10.0. The van der Waals surface area contributed by atoms with Gasteiger partial charge in [0.2, 0.25) is 0 Å². The summed E-state index contributed by atoms with van der Waals surface area (Å²) in [5.41, 5.74) is 1.05. The third kappa shape index (κ3) is 4.34. The maximum Gasteiger partial charge on any atom is 0.276 e. The molecule has 1 N–H and O–H groups in total. The van der Waals surface area contributed by atoms with Gasteiger partial charge in [0, 0.05) is 5.75 Å². The van der Waals surface area contributed by atoms with Crippen molar-refractivity contribution in [1.82, 2.24) is 10.2 Å². The number of thiophene rings is 1. The lowest BCUT2D eigenvalue weighted by atomic mass is 10.2. The second-order valence-electron chi connectivity index (χ2n) is 4.89. The first-order chi connectivity index (χ1) is 11.2. The summed E-state index contributed by atoms with van der Waals surface area (Å²) in [6.07, 6.45) is -0.614. The molecule has 2 heterocycles. The molecule has 0 saturated carbocycles. The first-order valence-corrected chi connectivity index (χ1v) is 8.95. The number of aryl methyl sites for hydroxylation is 1. The number of hydrogen-bond acceptors (Lipinski definition) is 7. The van der Waals surface area contributed by atoms with Crippen molar-refractivity contribution in [3.05, 3.63) is 47.3 Å². The van der Waals surface area contributed by atoms with Gasteiger partial charge in [-0.15, -0.1) is 21.5 Å². The molecular formula is C16H16N2O3S2. The minimum Gasteiger partial charge on any atom is -0.491 e. The number of ether oxygens (including phenoxy) is 1. The Hall–Kier alpha value is -1.83. The van der Waals surface area contributed by atoms with Gasteiger partial charge >= 0.3 is 0 Å². The van der Waals surface area contributed by atoms with E-state index in [1.807, 2.05) is 48.7 Å². The number of thioether (sulfide) groups is 1. The molecule has 0 saturated heterocycles. The SMILES string of the molecule is Cc1ccccc1OCC(O)CSc1nnc(-c2cccs2)o1. The highest BCUT2D eigenvalue weighted by Crippen LogP contribution is 2.26. The molecule has 7 heteroatoms. The Morgan fingerprint density at radius 1 is 1.26 bits per heavy atom. The van der Waals surface area contributed by atoms with Crippen LogP contribution >= 0.6 is 23.1 Å². The minimum atomic E-state index is -0.614. The number of aromatic nitrogens is 2. The van der Waals surface area contributed by atoms with Gasteiger partial charge in [0.1, 0.15) is 12.4 Å². The van der Waals surface area contributed by atoms with Gasteiger partial charge in [0.15, 0.2) is 0 Å². The summed E-state index contributed by atoms with van der Waals surface area (Å²) >= 11 is 2.87. The second kappa shape index (κ2) is 7.63. The van der Waals surface area contributed by atoms with Crippen LogP contribution < -0.4 is 4.74 Å². The molecule has 120 valence electrons. The van der Waals surface area contributed by atoms with Crippen molar-refractivity contribution in [2.24, 2.45) is 0 Å². The number of para-hydroxylation sites is 1. The van der Waals surface area contributed by atoms with Crippen molar-refractivity contribution in [3.63, 3.8) is 0 Å². The number of aliphatic hydroxyl groups excluding tert-OH is 1. The first-order valence-electron chi connectivity index (χ1n) is 7.09. The standard InChI is InChI=1S/C16H16N2O3S2/c1-11-5-2-3-6-13(11)20-9-12(19)10-23-16-18-17-15(21-16)14-7-4-8-22-14/h2-8,12,19H,9-10H2,1H3. The molecule has 0 spiro atoms. The number of benzene rings is 1. The fraction of sp³-hybridized carbons (Fsp3) is 0.250. The Labute approximate surface area is 142 Å². The number of hydrogen-bond donors (Lipinski definition) is 1. The fourth-order valence-electron chi connectivity index (χ4n) is 1.89. The minimum absolute atomic E-state index is 0.226. The van der Waals surface area contributed by atoms with E-state index in [2.05, 4.69) is 10.2 Å². The van der Waals surface area contributed by atoms with Gasteiger partial charge in [-0.3, -0.25) is 0 Å². The molecule has 3 aromatic rings. The lowest BCUT2D eigenvalue weighted by Crippen LogP contribution is -2.20. The van der Waals surface area contributed by atoms with E-state index >= 15 is 0 Å². The normalized spacial score (nSPS) is 12.3. The molecule has 0 aliphatic rings. The Bertz CT molecular complexity index is 743. The predicted molar refractivity (Wildman–Crippen MR) is 91.0 cm³/mol. The number of rotatable bonds is 7. The second-order valence-corrected chi connectivity index (χ2v) is 6.81. The van der Waals surface area contributed by atoms with Crippen molar-refractivity contribution >= 4 is 23.1 Å². The van der Waals surface area contributed by atoms with E-state index in [-0.39, 0.29) is 6.61 Å². The molecular weight excluding hydrogens is 332 g/mol. The predicted octanol–water partition coefficient (Wildman–Crippen LogP) is 3.64. The highest BCUT2D eigenvalue weighted by Gasteiger charge is 2.13. The zero-order valence-electron chi connectivity index (χ0n) is 12.5. The molecule has 23 heavy (non-hydrogen) atoms. The van der Waals surface area contributed by atoms with Crippen LogP contribution in [0.2, 0.25) is 0 Å². The average Bonchev–Trinajstić information content (AvgIpc) is 3.23. The summed E-state index contributed by atoms with van der Waals surface area (Å²) in [5.74, 6) is 1.72. The lowest BCUT2D eigenvalue weighted by molar-refractivity contribution is 0.126. The van der Waals surface area contributed by atoms with Crippen molar-refractivity contribution < 1.29 is 14.3 Å². The van der Waals surface area contributed by atoms with E-state index in [1.165, 1.54) is 11.8 Å². The smallest absolute Gasteiger partial charge is 0.276 e. The Morgan fingerprint density at radius 3 is 2.91 bits per heavy atom. The summed E-state index contributed by atoms with van der Waals surface area (Å²) in [7, 11) is 0. The van der Waals surface area contributed by atoms with Crippen LogP contribution in [0.5, 0.6) is 5.75 Å². The van der Waals surface area contributed by atoms with Gasteiger partial charge in [-0.05, 0) is 30.0 Å². The molecule has 1 atom stereocenters. The van der Waals surface area contributed by atoms with Gasteiger partial charge in [-0.25, -0.2) is 0 Å². The van der Waals surface area contributed by atoms with Crippen LogP contribution in [-0.2, 0) is 0 Å². The summed E-state index contributed by atoms with van der Waals surface area (Å²) in [6.45, 7) is 2.20. The first kappa shape index (κ1) is 16.0. The topological polar surface area (TPSA) is 68.4 Å². The van der Waals surface area contributed by atoms with Crippen LogP contribution in [0.25, 0.3) is 10.8 Å². The van der Waals surface area contributed by atoms with Crippen molar-refractivity contribution in [2.75, 3.05) is 12.4 Å². The van der Waals surface area contributed by atoms with Gasteiger partial charge in [0.25, 0.3) is 11.1 Å². The highest BCUT2D eigenvalue weighted by atomic mass is 32.2. The fourth-order valence-corrected chi connectivity index (χ4v) is 3.20. The number of aliphatic hydroxyl groups is 1. The Morgan fingerprint density at radius 2 is 2.13 bits per heavy atom. The largest absolute Gasteiger partial charge is 0.491 e. The Kier molecular flexibility index (Phi) is 5.32. The molecule has 2 aromatic heterocycles. The van der Waals surface area contributed by atoms with Crippen LogP contribution in [0, 0.1) is 6.92 Å². The van der Waals surface area contributed by atoms with Crippen molar-refractivity contribution in [1.29, 1.82) is 0 Å². The molecule has 0 amide bonds. The zero-order chi connectivity index (χ0) is 16.1. The molecule has 5 nitrogen and oxygen atoms in total. The van der Waals surface area contributed by atoms with Crippen LogP contribution in [0.4, 0.5) is 0 Å². The molecule has 1 aromatic carbocycles. The van der Waals surface area contributed by atoms with Gasteiger partial charge in [-0.2, -0.15) is 0 Å². The quantitative estimate of drug-likeness (QED) is 0.658. The molecule has 3 rings (SSSR count). The molecule has 0 aliphatic heterocycles. The van der Waals surface area contributed by atoms with E-state index in [0.717, 1.165) is 16.2 Å². The zero-order valence-corrected chi connectivity index (χ0v) is 14.1. The lowest BCUT2D eigenvalue weighted by Gasteiger charge is -2.12. The van der Waals surface area contributed by atoms with Gasteiger partial charge < -0.3 is 14.3 Å². The third-order valence-corrected chi connectivity index (χ3v) is 4.88. The van der Waals surface area contributed by atoms with Gasteiger partial charge in [-0.1, -0.05) is 36.0 Å². The summed E-state index contributed by atoms with van der Waals surface area (Å²) in [6, 6.07) is 11.6. The van der Waals surface area contributed by atoms with E-state index in [4.69, 9.17) is 9.15 Å². The summed E-state index contributed by atoms with van der Waals surface area (Å²) < 4.78 is 11.2. The van der Waals surface area contributed by atoms with E-state index in [1.54, 1.807) is 11.3 Å². The van der Waals surface area contributed by atoms with Crippen molar-refractivity contribution in [2.45, 2.75) is 18.3 Å². The summed E-state index contributed by atoms with van der Waals surface area (Å²) in [5, 5.41) is 20.4. The molecule has 0 fully saturated rings. The van der Waals surface area contributed by atoms with E-state index in [9.17, 15) is 5.11 Å². The van der Waals surface area contributed by atoms with Gasteiger partial charge in [0.05, 0.1) is 11.0 Å². The third-order valence-electron chi connectivity index (χ3n) is 3.06. The summed E-state index contributed by atoms with van der Waals surface area (Å²) in [4.78, 5) is 0.938. The van der Waals surface area contributed by atoms with Crippen LogP contribution in [0.15, 0.2) is 51.4 Å². The van der Waals surface area contributed by atoms with Crippen LogP contribution in [0.3, 0.4) is 0 Å². The molecule has 0 bridgehead atoms. The van der Waals surface area contributed by atoms with Crippen LogP contribution in [-0.4, -0.2) is 33.8 Å². The molecule has 0 aliphatic carbocycles. The Balaban J connectivity index is 1.47. The molecule has 0 radical (unpaired) electrons.